The summed E-state index contributed by atoms with van der Waals surface area (Å²) < 4.78 is 11.6. The summed E-state index contributed by atoms with van der Waals surface area (Å²) in [5, 5.41) is 13.6. The van der Waals surface area contributed by atoms with Crippen LogP contribution in [-0.4, -0.2) is 27.7 Å². The molecule has 0 fully saturated rings. The zero-order valence-electron chi connectivity index (χ0n) is 8.60. The van der Waals surface area contributed by atoms with Crippen molar-refractivity contribution in [1.82, 2.24) is 0 Å². The standard InChI is InChI=1S/C9H11BrN2O3S/c1-16(15)5-4-11-8-6-7(10)2-3-9(8)12(13)14/h2-3,6,11H,4-5H2,1H3. The highest BCUT2D eigenvalue weighted by Gasteiger charge is 2.13. The lowest BCUT2D eigenvalue weighted by molar-refractivity contribution is -0.384. The lowest BCUT2D eigenvalue weighted by Crippen LogP contribution is -2.10. The van der Waals surface area contributed by atoms with Gasteiger partial charge in [0.1, 0.15) is 5.69 Å². The third kappa shape index (κ3) is 3.90. The number of nitro groups is 1. The van der Waals surface area contributed by atoms with E-state index >= 15 is 0 Å². The highest BCUT2D eigenvalue weighted by atomic mass is 79.9. The van der Waals surface area contributed by atoms with E-state index in [0.29, 0.717) is 18.0 Å². The summed E-state index contributed by atoms with van der Waals surface area (Å²) in [6.45, 7) is 0.445. The average molecular weight is 307 g/mol. The Morgan fingerprint density at radius 2 is 2.25 bits per heavy atom. The minimum Gasteiger partial charge on any atom is -0.379 e. The van der Waals surface area contributed by atoms with Crippen LogP contribution in [0.15, 0.2) is 22.7 Å². The van der Waals surface area contributed by atoms with Gasteiger partial charge in [0.05, 0.1) is 4.92 Å². The minimum absolute atomic E-state index is 0.0186. The van der Waals surface area contributed by atoms with E-state index in [4.69, 9.17) is 0 Å². The first-order chi connectivity index (χ1) is 7.50. The second-order valence-electron chi connectivity index (χ2n) is 3.12. The lowest BCUT2D eigenvalue weighted by Gasteiger charge is -2.06. The van der Waals surface area contributed by atoms with Crippen molar-refractivity contribution in [2.75, 3.05) is 23.9 Å². The first-order valence-corrected chi connectivity index (χ1v) is 7.00. The minimum atomic E-state index is -0.906. The van der Waals surface area contributed by atoms with Crippen LogP contribution in [0.25, 0.3) is 0 Å². The van der Waals surface area contributed by atoms with Gasteiger partial charge in [-0.25, -0.2) is 0 Å². The van der Waals surface area contributed by atoms with Crippen molar-refractivity contribution in [1.29, 1.82) is 0 Å². The number of nitrogens with one attached hydrogen (secondary N) is 1. The van der Waals surface area contributed by atoms with Gasteiger partial charge in [0, 0.05) is 39.9 Å². The van der Waals surface area contributed by atoms with Crippen LogP contribution >= 0.6 is 15.9 Å². The fourth-order valence-corrected chi connectivity index (χ4v) is 1.89. The van der Waals surface area contributed by atoms with Gasteiger partial charge in [-0.2, -0.15) is 0 Å². The molecule has 16 heavy (non-hydrogen) atoms. The molecule has 1 aromatic carbocycles. The van der Waals surface area contributed by atoms with E-state index in [2.05, 4.69) is 21.2 Å². The van der Waals surface area contributed by atoms with Crippen molar-refractivity contribution in [3.05, 3.63) is 32.8 Å². The van der Waals surface area contributed by atoms with Crippen LogP contribution in [0, 0.1) is 10.1 Å². The van der Waals surface area contributed by atoms with Crippen molar-refractivity contribution in [2.45, 2.75) is 0 Å². The van der Waals surface area contributed by atoms with Gasteiger partial charge in [0.2, 0.25) is 0 Å². The van der Waals surface area contributed by atoms with Crippen LogP contribution in [0.3, 0.4) is 0 Å². The summed E-state index contributed by atoms with van der Waals surface area (Å²) in [6, 6.07) is 4.67. The molecule has 5 nitrogen and oxygen atoms in total. The maximum atomic E-state index is 10.8. The fraction of sp³-hybridized carbons (Fsp3) is 0.333. The number of rotatable bonds is 5. The molecule has 0 bridgehead atoms. The molecule has 1 aromatic rings. The molecule has 0 spiro atoms. The van der Waals surface area contributed by atoms with E-state index in [9.17, 15) is 14.3 Å². The number of halogens is 1. The monoisotopic (exact) mass is 306 g/mol. The van der Waals surface area contributed by atoms with Gasteiger partial charge in [0.15, 0.2) is 0 Å². The van der Waals surface area contributed by atoms with Crippen LogP contribution in [0.5, 0.6) is 0 Å². The quantitative estimate of drug-likeness (QED) is 0.668. The summed E-state index contributed by atoms with van der Waals surface area (Å²) in [5.74, 6) is 0.462. The van der Waals surface area contributed by atoms with Gasteiger partial charge in [0.25, 0.3) is 5.69 Å². The molecule has 1 rings (SSSR count). The molecule has 0 aliphatic rings. The molecule has 0 aliphatic carbocycles. The number of benzene rings is 1. The Bertz CT molecular complexity index is 425. The maximum Gasteiger partial charge on any atom is 0.292 e. The van der Waals surface area contributed by atoms with Crippen LogP contribution in [0.4, 0.5) is 11.4 Å². The van der Waals surface area contributed by atoms with Crippen molar-refractivity contribution in [3.63, 3.8) is 0 Å². The molecule has 88 valence electrons. The summed E-state index contributed by atoms with van der Waals surface area (Å²) >= 11 is 3.24. The smallest absolute Gasteiger partial charge is 0.292 e. The van der Waals surface area contributed by atoms with Gasteiger partial charge in [-0.1, -0.05) is 15.9 Å². The largest absolute Gasteiger partial charge is 0.379 e. The Hall–Kier alpha value is -0.950. The fourth-order valence-electron chi connectivity index (χ4n) is 1.14. The second-order valence-corrected chi connectivity index (χ2v) is 5.59. The molecule has 7 heteroatoms. The number of nitro benzene ring substituents is 1. The summed E-state index contributed by atoms with van der Waals surface area (Å²) in [4.78, 5) is 10.3. The van der Waals surface area contributed by atoms with Crippen molar-refractivity contribution < 1.29 is 9.13 Å². The zero-order valence-corrected chi connectivity index (χ0v) is 11.0. The molecule has 1 unspecified atom stereocenters. The van der Waals surface area contributed by atoms with E-state index in [0.717, 1.165) is 4.47 Å². The van der Waals surface area contributed by atoms with E-state index in [-0.39, 0.29) is 5.69 Å². The van der Waals surface area contributed by atoms with E-state index < -0.39 is 15.7 Å². The first-order valence-electron chi connectivity index (χ1n) is 4.48. The average Bonchev–Trinajstić information content (AvgIpc) is 2.16. The topological polar surface area (TPSA) is 72.2 Å². The number of nitrogens with zero attached hydrogens (tertiary/aromatic N) is 1. The lowest BCUT2D eigenvalue weighted by atomic mass is 10.2. The Labute approximate surface area is 104 Å². The molecule has 0 heterocycles. The summed E-state index contributed by atoms with van der Waals surface area (Å²) in [6.07, 6.45) is 1.59. The molecular formula is C9H11BrN2O3S. The Morgan fingerprint density at radius 3 is 2.81 bits per heavy atom. The molecule has 1 N–H and O–H groups in total. The number of hydrogen-bond donors (Lipinski definition) is 1. The first kappa shape index (κ1) is 13.1. The second kappa shape index (κ2) is 5.95. The van der Waals surface area contributed by atoms with Crippen LogP contribution in [0.1, 0.15) is 0 Å². The summed E-state index contributed by atoms with van der Waals surface area (Å²) in [5.41, 5.74) is 0.454. The molecule has 1 atom stereocenters. The maximum absolute atomic E-state index is 10.8. The molecule has 0 aliphatic heterocycles. The van der Waals surface area contributed by atoms with E-state index in [1.165, 1.54) is 6.07 Å². The highest BCUT2D eigenvalue weighted by Crippen LogP contribution is 2.27. The highest BCUT2D eigenvalue weighted by molar-refractivity contribution is 9.10. The van der Waals surface area contributed by atoms with Crippen LogP contribution in [0.2, 0.25) is 0 Å². The molecule has 0 saturated heterocycles. The predicted octanol–water partition coefficient (Wildman–Crippen LogP) is 2.15. The third-order valence-electron chi connectivity index (χ3n) is 1.86. The van der Waals surface area contributed by atoms with Gasteiger partial charge >= 0.3 is 0 Å². The molecular weight excluding hydrogens is 296 g/mol. The van der Waals surface area contributed by atoms with E-state index in [1.807, 2.05) is 0 Å². The Kier molecular flexibility index (Phi) is 4.88. The molecule has 0 aromatic heterocycles. The van der Waals surface area contributed by atoms with Crippen molar-refractivity contribution in [3.8, 4) is 0 Å². The Morgan fingerprint density at radius 1 is 1.56 bits per heavy atom. The Balaban J connectivity index is 2.80. The van der Waals surface area contributed by atoms with Gasteiger partial charge in [-0.05, 0) is 12.1 Å². The van der Waals surface area contributed by atoms with Crippen molar-refractivity contribution >= 4 is 38.1 Å². The summed E-state index contributed by atoms with van der Waals surface area (Å²) in [7, 11) is -0.906. The predicted molar refractivity (Wildman–Crippen MR) is 68.2 cm³/mol. The molecule has 0 radical (unpaired) electrons. The normalized spacial score (nSPS) is 12.1. The number of anilines is 1. The number of hydrogen-bond acceptors (Lipinski definition) is 4. The van der Waals surface area contributed by atoms with Gasteiger partial charge in [-0.3, -0.25) is 14.3 Å². The van der Waals surface area contributed by atoms with Gasteiger partial charge in [-0.15, -0.1) is 0 Å². The van der Waals surface area contributed by atoms with Crippen LogP contribution in [-0.2, 0) is 10.8 Å². The molecule has 0 saturated carbocycles. The zero-order chi connectivity index (χ0) is 12.1. The molecule has 0 amide bonds. The third-order valence-corrected chi connectivity index (χ3v) is 3.13. The van der Waals surface area contributed by atoms with E-state index in [1.54, 1.807) is 18.4 Å². The van der Waals surface area contributed by atoms with Crippen molar-refractivity contribution in [2.24, 2.45) is 0 Å². The van der Waals surface area contributed by atoms with Crippen LogP contribution < -0.4 is 5.32 Å². The SMILES string of the molecule is CS(=O)CCNc1cc(Br)ccc1[N+](=O)[O-]. The van der Waals surface area contributed by atoms with Gasteiger partial charge < -0.3 is 5.32 Å².